The topological polar surface area (TPSA) is 71.2 Å². The van der Waals surface area contributed by atoms with E-state index in [1.165, 1.54) is 0 Å². The van der Waals surface area contributed by atoms with E-state index in [4.69, 9.17) is 4.52 Å². The first-order valence-corrected chi connectivity index (χ1v) is 10.9. The number of anilines is 1. The molecule has 4 aromatic rings. The van der Waals surface area contributed by atoms with Gasteiger partial charge in [0.15, 0.2) is 5.82 Å². The van der Waals surface area contributed by atoms with Crippen LogP contribution in [0.1, 0.15) is 31.1 Å². The Labute approximate surface area is 181 Å². The summed E-state index contributed by atoms with van der Waals surface area (Å²) in [5.41, 5.74) is 0.533. The van der Waals surface area contributed by atoms with Crippen molar-refractivity contribution in [3.05, 3.63) is 53.5 Å². The molecule has 0 aliphatic carbocycles. The lowest BCUT2D eigenvalue weighted by Gasteiger charge is -2.37. The van der Waals surface area contributed by atoms with Gasteiger partial charge in [-0.1, -0.05) is 23.4 Å². The molecule has 1 saturated heterocycles. The van der Waals surface area contributed by atoms with Crippen molar-refractivity contribution in [3.8, 4) is 10.7 Å². The predicted molar refractivity (Wildman–Crippen MR) is 114 cm³/mol. The van der Waals surface area contributed by atoms with Gasteiger partial charge in [-0.2, -0.15) is 4.98 Å². The second-order valence-electron chi connectivity index (χ2n) is 7.36. The van der Waals surface area contributed by atoms with Crippen molar-refractivity contribution in [3.63, 3.8) is 0 Å². The molecule has 1 aliphatic rings. The average Bonchev–Trinajstić information content (AvgIpc) is 3.50. The highest BCUT2D eigenvalue weighted by Gasteiger charge is 2.28. The van der Waals surface area contributed by atoms with E-state index in [-0.39, 0.29) is 6.04 Å². The minimum absolute atomic E-state index is 0.0397. The van der Waals surface area contributed by atoms with Crippen molar-refractivity contribution in [1.82, 2.24) is 25.0 Å². The van der Waals surface area contributed by atoms with Crippen molar-refractivity contribution >= 4 is 28.1 Å². The largest absolute Gasteiger partial charge is 0.353 e. The first kappa shape index (κ1) is 20.0. The number of para-hydroxylation sites is 1. The summed E-state index contributed by atoms with van der Waals surface area (Å²) in [5.74, 6) is 1.30. The van der Waals surface area contributed by atoms with Crippen LogP contribution >= 0.6 is 11.3 Å². The number of fused-ring (bicyclic) bond motifs is 1. The van der Waals surface area contributed by atoms with Crippen LogP contribution in [0.3, 0.4) is 0 Å². The molecular formula is C21H20F2N6OS. The number of hydrogen-bond acceptors (Lipinski definition) is 8. The number of nitrogens with zero attached hydrogens (tertiary/aromatic N) is 6. The molecule has 7 nitrogen and oxygen atoms in total. The second kappa shape index (κ2) is 8.27. The summed E-state index contributed by atoms with van der Waals surface area (Å²) in [4.78, 5) is 18.0. The van der Waals surface area contributed by atoms with Crippen molar-refractivity contribution in [2.75, 3.05) is 31.1 Å². The predicted octanol–water partition coefficient (Wildman–Crippen LogP) is 4.56. The van der Waals surface area contributed by atoms with Gasteiger partial charge in [-0.05, 0) is 30.5 Å². The molecule has 1 aromatic carbocycles. The Bertz CT molecular complexity index is 1170. The van der Waals surface area contributed by atoms with Gasteiger partial charge in [-0.3, -0.25) is 4.90 Å². The van der Waals surface area contributed by atoms with Crippen LogP contribution in [0.15, 0.2) is 46.3 Å². The number of piperazine rings is 1. The monoisotopic (exact) mass is 442 g/mol. The van der Waals surface area contributed by atoms with E-state index in [0.717, 1.165) is 23.4 Å². The minimum atomic E-state index is -2.71. The summed E-state index contributed by atoms with van der Waals surface area (Å²) in [6.07, 6.45) is -2.71. The number of benzene rings is 1. The van der Waals surface area contributed by atoms with Gasteiger partial charge in [0.2, 0.25) is 11.7 Å². The van der Waals surface area contributed by atoms with E-state index < -0.39 is 12.2 Å². The zero-order chi connectivity index (χ0) is 21.4. The molecule has 1 aliphatic heterocycles. The fourth-order valence-corrected chi connectivity index (χ4v) is 4.45. The number of halogens is 2. The molecular weight excluding hydrogens is 422 g/mol. The highest BCUT2D eigenvalue weighted by atomic mass is 32.1. The van der Waals surface area contributed by atoms with E-state index in [1.807, 2.05) is 41.5 Å². The van der Waals surface area contributed by atoms with Crippen LogP contribution in [-0.4, -0.2) is 51.2 Å². The Morgan fingerprint density at radius 1 is 1.00 bits per heavy atom. The zero-order valence-corrected chi connectivity index (χ0v) is 17.6. The zero-order valence-electron chi connectivity index (χ0n) is 16.8. The van der Waals surface area contributed by atoms with Crippen LogP contribution in [0, 0.1) is 0 Å². The summed E-state index contributed by atoms with van der Waals surface area (Å²) in [6.45, 7) is 4.79. The number of alkyl halides is 2. The summed E-state index contributed by atoms with van der Waals surface area (Å²) >= 11 is 1.57. The molecule has 160 valence electrons. The average molecular weight is 442 g/mol. The Balaban J connectivity index is 1.33. The lowest BCUT2D eigenvalue weighted by molar-refractivity contribution is 0.140. The quantitative estimate of drug-likeness (QED) is 0.449. The van der Waals surface area contributed by atoms with Crippen LogP contribution in [0.25, 0.3) is 21.6 Å². The molecule has 31 heavy (non-hydrogen) atoms. The molecule has 0 amide bonds. The molecule has 4 heterocycles. The van der Waals surface area contributed by atoms with E-state index in [1.54, 1.807) is 23.5 Å². The highest BCUT2D eigenvalue weighted by Crippen LogP contribution is 2.30. The van der Waals surface area contributed by atoms with Gasteiger partial charge in [-0.15, -0.1) is 11.3 Å². The fourth-order valence-electron chi connectivity index (χ4n) is 3.80. The van der Waals surface area contributed by atoms with Crippen LogP contribution in [-0.2, 0) is 0 Å². The smallest absolute Gasteiger partial charge is 0.297 e. The van der Waals surface area contributed by atoms with E-state index in [9.17, 15) is 8.78 Å². The van der Waals surface area contributed by atoms with E-state index >= 15 is 0 Å². The standard InChI is InChI=1S/C21H20F2N6OS/c1-13(21-26-18(27-30-21)16-7-4-12-31-16)28-8-10-29(11-9-28)20-14-5-2-3-6-15(14)24-19(25-20)17(22)23/h2-7,12-13,17H,8-11H2,1H3. The molecule has 0 N–H and O–H groups in total. The number of thiophene rings is 1. The third kappa shape index (κ3) is 3.88. The lowest BCUT2D eigenvalue weighted by atomic mass is 10.2. The Hall–Kier alpha value is -2.98. The summed E-state index contributed by atoms with van der Waals surface area (Å²) in [5, 5.41) is 6.86. The maximum atomic E-state index is 13.3. The van der Waals surface area contributed by atoms with Crippen LogP contribution in [0.4, 0.5) is 14.6 Å². The van der Waals surface area contributed by atoms with Crippen LogP contribution in [0.2, 0.25) is 0 Å². The fraction of sp³-hybridized carbons (Fsp3) is 0.333. The molecule has 1 unspecified atom stereocenters. The van der Waals surface area contributed by atoms with Gasteiger partial charge in [0.05, 0.1) is 16.4 Å². The van der Waals surface area contributed by atoms with Crippen molar-refractivity contribution in [2.45, 2.75) is 19.4 Å². The third-order valence-electron chi connectivity index (χ3n) is 5.50. The van der Waals surface area contributed by atoms with Crippen LogP contribution < -0.4 is 4.90 Å². The third-order valence-corrected chi connectivity index (χ3v) is 6.36. The molecule has 5 rings (SSSR count). The molecule has 0 spiro atoms. The van der Waals surface area contributed by atoms with Gasteiger partial charge in [0.25, 0.3) is 6.43 Å². The Morgan fingerprint density at radius 2 is 1.81 bits per heavy atom. The summed E-state index contributed by atoms with van der Waals surface area (Å²) in [7, 11) is 0. The SMILES string of the molecule is CC(c1nc(-c2cccs2)no1)N1CCN(c2nc(C(F)F)nc3ccccc23)CC1. The Morgan fingerprint density at radius 3 is 2.55 bits per heavy atom. The van der Waals surface area contributed by atoms with Crippen molar-refractivity contribution in [2.24, 2.45) is 0 Å². The first-order valence-electron chi connectivity index (χ1n) is 10.0. The molecule has 1 fully saturated rings. The highest BCUT2D eigenvalue weighted by molar-refractivity contribution is 7.13. The van der Waals surface area contributed by atoms with E-state index in [2.05, 4.69) is 25.0 Å². The molecule has 0 radical (unpaired) electrons. The molecule has 0 bridgehead atoms. The molecule has 3 aromatic heterocycles. The number of rotatable bonds is 5. The van der Waals surface area contributed by atoms with Crippen molar-refractivity contribution in [1.29, 1.82) is 0 Å². The van der Waals surface area contributed by atoms with Gasteiger partial charge in [-0.25, -0.2) is 18.7 Å². The Kier molecular flexibility index (Phi) is 5.33. The lowest BCUT2D eigenvalue weighted by Crippen LogP contribution is -2.47. The molecule has 1 atom stereocenters. The minimum Gasteiger partial charge on any atom is -0.353 e. The van der Waals surface area contributed by atoms with Gasteiger partial charge < -0.3 is 9.42 Å². The van der Waals surface area contributed by atoms with Gasteiger partial charge in [0.1, 0.15) is 5.82 Å². The molecule has 10 heteroatoms. The maximum Gasteiger partial charge on any atom is 0.297 e. The van der Waals surface area contributed by atoms with Crippen LogP contribution in [0.5, 0.6) is 0 Å². The van der Waals surface area contributed by atoms with Gasteiger partial charge >= 0.3 is 0 Å². The number of aromatic nitrogens is 4. The first-order chi connectivity index (χ1) is 15.1. The van der Waals surface area contributed by atoms with E-state index in [0.29, 0.717) is 36.1 Å². The molecule has 0 saturated carbocycles. The van der Waals surface area contributed by atoms with Gasteiger partial charge in [0, 0.05) is 31.6 Å². The number of hydrogen-bond donors (Lipinski definition) is 0. The van der Waals surface area contributed by atoms with Crippen molar-refractivity contribution < 1.29 is 13.3 Å². The summed E-state index contributed by atoms with van der Waals surface area (Å²) < 4.78 is 32.2. The summed E-state index contributed by atoms with van der Waals surface area (Å²) in [6, 6.07) is 11.2. The normalized spacial score (nSPS) is 16.3. The maximum absolute atomic E-state index is 13.3. The second-order valence-corrected chi connectivity index (χ2v) is 8.30.